The SMILES string of the molecule is N#CC1(NC(=O)c2cc(Cl)nc3ccccc23)CCCC1. The van der Waals surface area contributed by atoms with E-state index in [0.717, 1.165) is 18.2 Å². The Hall–Kier alpha value is -2.12. The molecule has 0 atom stereocenters. The molecule has 5 heteroatoms. The van der Waals surface area contributed by atoms with Gasteiger partial charge in [0.2, 0.25) is 0 Å². The number of nitriles is 1. The Kier molecular flexibility index (Phi) is 3.52. The van der Waals surface area contributed by atoms with Gasteiger partial charge in [0.25, 0.3) is 5.91 Å². The second-order valence-corrected chi connectivity index (χ2v) is 5.75. The minimum Gasteiger partial charge on any atom is -0.334 e. The van der Waals surface area contributed by atoms with Crippen LogP contribution in [0.25, 0.3) is 10.9 Å². The lowest BCUT2D eigenvalue weighted by molar-refractivity contribution is 0.0922. The van der Waals surface area contributed by atoms with Crippen LogP contribution in [0.2, 0.25) is 5.15 Å². The summed E-state index contributed by atoms with van der Waals surface area (Å²) in [5, 5.41) is 13.3. The van der Waals surface area contributed by atoms with Crippen LogP contribution in [0.15, 0.2) is 30.3 Å². The summed E-state index contributed by atoms with van der Waals surface area (Å²) in [6, 6.07) is 11.2. The minimum atomic E-state index is -0.742. The number of hydrogen-bond acceptors (Lipinski definition) is 3. The minimum absolute atomic E-state index is 0.265. The summed E-state index contributed by atoms with van der Waals surface area (Å²) >= 11 is 6.00. The van der Waals surface area contributed by atoms with Crippen LogP contribution in [-0.2, 0) is 0 Å². The summed E-state index contributed by atoms with van der Waals surface area (Å²) in [5.74, 6) is -0.265. The number of nitrogens with zero attached hydrogens (tertiary/aromatic N) is 2. The molecule has 0 unspecified atom stereocenters. The number of para-hydroxylation sites is 1. The Morgan fingerprint density at radius 3 is 2.76 bits per heavy atom. The fourth-order valence-corrected chi connectivity index (χ4v) is 3.06. The summed E-state index contributed by atoms with van der Waals surface area (Å²) < 4.78 is 0. The van der Waals surface area contributed by atoms with Gasteiger partial charge < -0.3 is 5.32 Å². The maximum Gasteiger partial charge on any atom is 0.253 e. The predicted octanol–water partition coefficient (Wildman–Crippen LogP) is 3.45. The zero-order valence-corrected chi connectivity index (χ0v) is 12.2. The molecule has 2 aromatic rings. The van der Waals surface area contributed by atoms with E-state index in [1.54, 1.807) is 6.07 Å². The average Bonchev–Trinajstić information content (AvgIpc) is 2.95. The highest BCUT2D eigenvalue weighted by Gasteiger charge is 2.35. The van der Waals surface area contributed by atoms with Gasteiger partial charge >= 0.3 is 0 Å². The number of hydrogen-bond donors (Lipinski definition) is 1. The Morgan fingerprint density at radius 2 is 2.05 bits per heavy atom. The van der Waals surface area contributed by atoms with Gasteiger partial charge in [-0.25, -0.2) is 4.98 Å². The molecule has 0 aliphatic heterocycles. The first-order valence-electron chi connectivity index (χ1n) is 6.93. The zero-order valence-electron chi connectivity index (χ0n) is 11.4. The largest absolute Gasteiger partial charge is 0.334 e. The van der Waals surface area contributed by atoms with E-state index < -0.39 is 5.54 Å². The van der Waals surface area contributed by atoms with Crippen molar-refractivity contribution in [1.82, 2.24) is 10.3 Å². The number of halogens is 1. The van der Waals surface area contributed by atoms with Gasteiger partial charge in [-0.2, -0.15) is 5.26 Å². The van der Waals surface area contributed by atoms with Gasteiger partial charge in [-0.3, -0.25) is 4.79 Å². The monoisotopic (exact) mass is 299 g/mol. The Labute approximate surface area is 127 Å². The standard InChI is InChI=1S/C16H14ClN3O/c17-14-9-12(11-5-1-2-6-13(11)19-14)15(21)20-16(10-18)7-3-4-8-16/h1-2,5-6,9H,3-4,7-8H2,(H,20,21). The van der Waals surface area contributed by atoms with Crippen LogP contribution in [-0.4, -0.2) is 16.4 Å². The van der Waals surface area contributed by atoms with Gasteiger partial charge in [0.1, 0.15) is 10.7 Å². The molecule has 1 aromatic heterocycles. The number of pyridine rings is 1. The molecule has 1 amide bonds. The van der Waals surface area contributed by atoms with Crippen LogP contribution < -0.4 is 5.32 Å². The summed E-state index contributed by atoms with van der Waals surface area (Å²) in [4.78, 5) is 16.8. The predicted molar refractivity (Wildman–Crippen MR) is 81.0 cm³/mol. The number of aromatic nitrogens is 1. The summed E-state index contributed by atoms with van der Waals surface area (Å²) in [6.45, 7) is 0. The third kappa shape index (κ3) is 2.57. The van der Waals surface area contributed by atoms with Gasteiger partial charge in [0.05, 0.1) is 17.1 Å². The smallest absolute Gasteiger partial charge is 0.253 e. The van der Waals surface area contributed by atoms with Crippen molar-refractivity contribution >= 4 is 28.4 Å². The molecule has 1 aliphatic carbocycles. The lowest BCUT2D eigenvalue weighted by Crippen LogP contribution is -2.45. The number of amides is 1. The lowest BCUT2D eigenvalue weighted by atomic mass is 9.98. The highest BCUT2D eigenvalue weighted by atomic mass is 35.5. The van der Waals surface area contributed by atoms with Crippen molar-refractivity contribution < 1.29 is 4.79 Å². The maximum absolute atomic E-state index is 12.6. The number of rotatable bonds is 2. The number of nitrogens with one attached hydrogen (secondary N) is 1. The summed E-state index contributed by atoms with van der Waals surface area (Å²) in [5.41, 5.74) is 0.396. The average molecular weight is 300 g/mol. The molecule has 1 aliphatic rings. The fourth-order valence-electron chi connectivity index (χ4n) is 2.86. The molecule has 0 spiro atoms. The van der Waals surface area contributed by atoms with Crippen molar-refractivity contribution in [1.29, 1.82) is 5.26 Å². The van der Waals surface area contributed by atoms with E-state index >= 15 is 0 Å². The van der Waals surface area contributed by atoms with Crippen LogP contribution in [0.4, 0.5) is 0 Å². The molecule has 0 radical (unpaired) electrons. The first-order chi connectivity index (χ1) is 10.1. The molecular formula is C16H14ClN3O. The van der Waals surface area contributed by atoms with Crippen molar-refractivity contribution in [2.75, 3.05) is 0 Å². The van der Waals surface area contributed by atoms with Crippen molar-refractivity contribution in [3.05, 3.63) is 41.0 Å². The van der Waals surface area contributed by atoms with Gasteiger partial charge in [-0.1, -0.05) is 29.8 Å². The molecule has 21 heavy (non-hydrogen) atoms. The van der Waals surface area contributed by atoms with Crippen LogP contribution in [0.1, 0.15) is 36.0 Å². The van der Waals surface area contributed by atoms with Crippen molar-refractivity contribution in [3.8, 4) is 6.07 Å². The maximum atomic E-state index is 12.6. The van der Waals surface area contributed by atoms with E-state index in [4.69, 9.17) is 11.6 Å². The Balaban J connectivity index is 2.00. The van der Waals surface area contributed by atoms with Gasteiger partial charge in [-0.15, -0.1) is 0 Å². The molecule has 4 nitrogen and oxygen atoms in total. The van der Waals surface area contributed by atoms with E-state index in [9.17, 15) is 10.1 Å². The second kappa shape index (κ2) is 5.34. The van der Waals surface area contributed by atoms with E-state index in [1.807, 2.05) is 24.3 Å². The van der Waals surface area contributed by atoms with Crippen LogP contribution in [0, 0.1) is 11.3 Å². The molecular weight excluding hydrogens is 286 g/mol. The van der Waals surface area contributed by atoms with Gasteiger partial charge in [0, 0.05) is 5.39 Å². The molecule has 1 saturated carbocycles. The quantitative estimate of drug-likeness (QED) is 0.864. The van der Waals surface area contributed by atoms with E-state index in [2.05, 4.69) is 16.4 Å². The Bertz CT molecular complexity index is 745. The molecule has 1 heterocycles. The highest BCUT2D eigenvalue weighted by Crippen LogP contribution is 2.30. The zero-order chi connectivity index (χ0) is 14.9. The lowest BCUT2D eigenvalue weighted by Gasteiger charge is -2.22. The highest BCUT2D eigenvalue weighted by molar-refractivity contribution is 6.30. The van der Waals surface area contributed by atoms with Crippen LogP contribution in [0.3, 0.4) is 0 Å². The molecule has 106 valence electrons. The van der Waals surface area contributed by atoms with E-state index in [0.29, 0.717) is 23.9 Å². The molecule has 0 bridgehead atoms. The molecule has 1 fully saturated rings. The number of benzene rings is 1. The third-order valence-corrected chi connectivity index (χ3v) is 4.15. The summed E-state index contributed by atoms with van der Waals surface area (Å²) in [6.07, 6.45) is 3.33. The number of fused-ring (bicyclic) bond motifs is 1. The van der Waals surface area contributed by atoms with Crippen molar-refractivity contribution in [3.63, 3.8) is 0 Å². The summed E-state index contributed by atoms with van der Waals surface area (Å²) in [7, 11) is 0. The number of carbonyl (C=O) groups excluding carboxylic acids is 1. The third-order valence-electron chi connectivity index (χ3n) is 3.95. The Morgan fingerprint density at radius 1 is 1.33 bits per heavy atom. The topological polar surface area (TPSA) is 65.8 Å². The van der Waals surface area contributed by atoms with Crippen molar-refractivity contribution in [2.45, 2.75) is 31.2 Å². The normalized spacial score (nSPS) is 16.6. The fraction of sp³-hybridized carbons (Fsp3) is 0.312. The van der Waals surface area contributed by atoms with E-state index in [-0.39, 0.29) is 11.1 Å². The molecule has 0 saturated heterocycles. The van der Waals surface area contributed by atoms with Crippen LogP contribution in [0.5, 0.6) is 0 Å². The molecule has 1 aromatic carbocycles. The second-order valence-electron chi connectivity index (χ2n) is 5.36. The molecule has 1 N–H and O–H groups in total. The first-order valence-corrected chi connectivity index (χ1v) is 7.30. The van der Waals surface area contributed by atoms with E-state index in [1.165, 1.54) is 0 Å². The number of carbonyl (C=O) groups is 1. The van der Waals surface area contributed by atoms with Crippen molar-refractivity contribution in [2.24, 2.45) is 0 Å². The molecule has 3 rings (SSSR count). The van der Waals surface area contributed by atoms with Crippen LogP contribution >= 0.6 is 11.6 Å². The van der Waals surface area contributed by atoms with Gasteiger partial charge in [0.15, 0.2) is 0 Å². The van der Waals surface area contributed by atoms with Gasteiger partial charge in [-0.05, 0) is 37.8 Å². The first kappa shape index (κ1) is 13.8.